The van der Waals surface area contributed by atoms with E-state index in [2.05, 4.69) is 15.0 Å². The monoisotopic (exact) mass is 857 g/mol. The fourth-order valence-electron chi connectivity index (χ4n) is 5.52. The molecule has 2 aliphatic heterocycles. The first-order valence-corrected chi connectivity index (χ1v) is 20.1. The minimum Gasteiger partial charge on any atom is -0.463 e. The first-order chi connectivity index (χ1) is 26.1. The second kappa shape index (κ2) is 18.4. The van der Waals surface area contributed by atoms with E-state index in [-0.39, 0.29) is 17.0 Å². The average molecular weight is 858 g/mol. The van der Waals surface area contributed by atoms with Crippen molar-refractivity contribution in [2.45, 2.75) is 96.8 Å². The van der Waals surface area contributed by atoms with Gasteiger partial charge >= 0.3 is 50.4 Å². The number of hydrogen-bond acceptors (Lipinski definition) is 23. The van der Waals surface area contributed by atoms with Gasteiger partial charge in [0.25, 0.3) is 0 Å². The first kappa shape index (κ1) is 44.5. The molecule has 4 heterocycles. The Hall–Kier alpha value is -4.23. The zero-order chi connectivity index (χ0) is 41.7. The van der Waals surface area contributed by atoms with Crippen LogP contribution >= 0.6 is 14.5 Å². The van der Waals surface area contributed by atoms with Gasteiger partial charge in [-0.3, -0.25) is 37.9 Å². The van der Waals surface area contributed by atoms with Gasteiger partial charge in [0.1, 0.15) is 30.7 Å². The van der Waals surface area contributed by atoms with Gasteiger partial charge in [0.15, 0.2) is 48.2 Å². The molecule has 7 unspecified atom stereocenters. The fraction of sp³-hybridized carbons (Fsp3) is 0.607. The van der Waals surface area contributed by atoms with Crippen molar-refractivity contribution in [3.63, 3.8) is 0 Å². The van der Waals surface area contributed by atoms with E-state index in [1.54, 1.807) is 0 Å². The van der Waals surface area contributed by atoms with Gasteiger partial charge in [0.2, 0.25) is 6.29 Å². The summed E-state index contributed by atoms with van der Waals surface area (Å²) in [4.78, 5) is 106. The van der Waals surface area contributed by atoms with Gasteiger partial charge in [0, 0.05) is 41.5 Å². The molecule has 25 nitrogen and oxygen atoms in total. The highest BCUT2D eigenvalue weighted by atomic mass is 32.5. The Bertz CT molecular complexity index is 1930. The number of nitrogens with two attached hydrogens (primary N) is 1. The minimum atomic E-state index is -5.69. The lowest BCUT2D eigenvalue weighted by molar-refractivity contribution is -0.291. The first-order valence-electron chi connectivity index (χ1n) is 16.0. The number of rotatable bonds is 15. The molecule has 4 N–H and O–H groups in total. The quantitative estimate of drug-likeness (QED) is 0.117. The van der Waals surface area contributed by atoms with Crippen LogP contribution in [0.5, 0.6) is 0 Å². The number of nitrogen functional groups attached to an aromatic ring is 1. The Kier molecular flexibility index (Phi) is 14.6. The van der Waals surface area contributed by atoms with E-state index in [4.69, 9.17) is 68.8 Å². The van der Waals surface area contributed by atoms with Crippen LogP contribution in [-0.2, 0) is 96.4 Å². The van der Waals surface area contributed by atoms with Crippen molar-refractivity contribution in [2.75, 3.05) is 18.9 Å². The molecule has 2 fully saturated rings. The molecule has 2 aliphatic rings. The van der Waals surface area contributed by atoms with Crippen molar-refractivity contribution >= 4 is 79.1 Å². The molecular formula is C28H37N5O20P2S. The lowest BCUT2D eigenvalue weighted by atomic mass is 9.98. The standard InChI is InChI=1S/C28H37N5O20P2S/c1-11(34)43-7-17-20(45-12(2)35)22(47-14(4)37)24(49-16(6)39)28(51-17)52-54(40,41)53-55(42,56)44-8-18-21(46-13(3)36)23(48-15(5)38)27(50-18)33-10-32-19-25(29)30-9-31-26(19)33/h9-10,17-18,20-24,27-28H,7-8H2,1-6H3,(H,40,41)(H,42,56)(H2,29,30,31)/t17?,18-,20-,21?,22?,23?,24?,27-,28+,55?/m1/s1. The zero-order valence-corrected chi connectivity index (χ0v) is 32.8. The maximum Gasteiger partial charge on any atom is 0.481 e. The van der Waals surface area contributed by atoms with Gasteiger partial charge in [-0.15, -0.1) is 0 Å². The third-order valence-corrected chi connectivity index (χ3v) is 10.9. The van der Waals surface area contributed by atoms with Crippen LogP contribution in [0.25, 0.3) is 11.2 Å². The number of carbonyl (C=O) groups is 6. The van der Waals surface area contributed by atoms with Crippen molar-refractivity contribution in [1.29, 1.82) is 0 Å². The summed E-state index contributed by atoms with van der Waals surface area (Å²) in [5.74, 6) is -5.51. The normalized spacial score (nSPS) is 28.2. The maximum absolute atomic E-state index is 13.4. The highest BCUT2D eigenvalue weighted by Gasteiger charge is 2.55. The molecular weight excluding hydrogens is 820 g/mol. The number of phosphoric ester groups is 1. The number of nitrogens with zero attached hydrogens (tertiary/aromatic N) is 4. The van der Waals surface area contributed by atoms with E-state index in [1.165, 1.54) is 10.9 Å². The second-order valence-corrected chi connectivity index (χ2v) is 16.2. The van der Waals surface area contributed by atoms with Gasteiger partial charge in [-0.1, -0.05) is 0 Å². The van der Waals surface area contributed by atoms with E-state index in [0.29, 0.717) is 0 Å². The summed E-state index contributed by atoms with van der Waals surface area (Å²) >= 11 is 4.95. The number of hydrogen-bond donors (Lipinski definition) is 3. The second-order valence-electron chi connectivity index (χ2n) is 11.8. The highest BCUT2D eigenvalue weighted by molar-refractivity contribution is 8.08. The Morgan fingerprint density at radius 3 is 1.84 bits per heavy atom. The maximum atomic E-state index is 13.4. The number of carbonyl (C=O) groups excluding carboxylic acids is 6. The predicted octanol–water partition coefficient (Wildman–Crippen LogP) is -0.381. The van der Waals surface area contributed by atoms with E-state index in [9.17, 15) is 43.1 Å². The van der Waals surface area contributed by atoms with Crippen LogP contribution in [0.2, 0.25) is 0 Å². The van der Waals surface area contributed by atoms with Crippen molar-refractivity contribution in [1.82, 2.24) is 19.5 Å². The number of phosphoric acid groups is 1. The summed E-state index contributed by atoms with van der Waals surface area (Å²) < 4.78 is 72.9. The van der Waals surface area contributed by atoms with E-state index in [0.717, 1.165) is 47.9 Å². The number of aromatic nitrogens is 4. The van der Waals surface area contributed by atoms with E-state index in [1.807, 2.05) is 0 Å². The molecule has 0 saturated carbocycles. The van der Waals surface area contributed by atoms with Crippen LogP contribution in [0.3, 0.4) is 0 Å². The van der Waals surface area contributed by atoms with Crippen LogP contribution in [0, 0.1) is 0 Å². The molecule has 310 valence electrons. The lowest BCUT2D eigenvalue weighted by Crippen LogP contribution is -2.62. The highest BCUT2D eigenvalue weighted by Crippen LogP contribution is 2.62. The summed E-state index contributed by atoms with van der Waals surface area (Å²) in [6.45, 7) is -0.471. The van der Waals surface area contributed by atoms with Crippen molar-refractivity contribution in [2.24, 2.45) is 0 Å². The molecule has 56 heavy (non-hydrogen) atoms. The lowest BCUT2D eigenvalue weighted by Gasteiger charge is -2.44. The third kappa shape index (κ3) is 11.7. The summed E-state index contributed by atoms with van der Waals surface area (Å²) in [5, 5.41) is 0. The summed E-state index contributed by atoms with van der Waals surface area (Å²) in [6.07, 6.45) is -12.4. The summed E-state index contributed by atoms with van der Waals surface area (Å²) in [7, 11) is -5.69. The topological polar surface area (TPSA) is 331 Å². The van der Waals surface area contributed by atoms with E-state index < -0.39 is 119 Å². The molecule has 11 atom stereocenters. The van der Waals surface area contributed by atoms with Crippen molar-refractivity contribution in [3.05, 3.63) is 12.7 Å². The molecule has 0 radical (unpaired) electrons. The number of fused-ring (bicyclic) bond motifs is 1. The molecule has 0 bridgehead atoms. The Balaban J connectivity index is 1.58. The van der Waals surface area contributed by atoms with Gasteiger partial charge in [-0.05, 0) is 11.8 Å². The number of imidazole rings is 1. The largest absolute Gasteiger partial charge is 0.481 e. The van der Waals surface area contributed by atoms with Crippen LogP contribution in [0.4, 0.5) is 5.82 Å². The van der Waals surface area contributed by atoms with Crippen LogP contribution in [0.1, 0.15) is 47.8 Å². The molecule has 2 saturated heterocycles. The number of anilines is 1. The van der Waals surface area contributed by atoms with Gasteiger partial charge < -0.3 is 57.9 Å². The molecule has 28 heteroatoms. The Labute approximate surface area is 321 Å². The smallest absolute Gasteiger partial charge is 0.463 e. The molecule has 4 rings (SSSR count). The van der Waals surface area contributed by atoms with Crippen LogP contribution < -0.4 is 5.73 Å². The predicted molar refractivity (Wildman–Crippen MR) is 181 cm³/mol. The molecule has 2 aromatic rings. The number of ether oxygens (including phenoxy) is 8. The van der Waals surface area contributed by atoms with Gasteiger partial charge in [-0.2, -0.15) is 0 Å². The zero-order valence-electron chi connectivity index (χ0n) is 30.2. The third-order valence-electron chi connectivity index (χ3n) is 7.34. The molecule has 0 aliphatic carbocycles. The SMILES string of the molecule is CC(=O)OCC1O[C@@H](OP(=O)(O)OP(O)(=S)OC[C@H]2O[C@@H](n3cnc4c(N)ncnc43)C(OC(C)=O)C2OC(C)=O)C(OC(C)=O)C(OC(C)=O)[C@@H]1OC(C)=O. The Morgan fingerprint density at radius 1 is 0.750 bits per heavy atom. The van der Waals surface area contributed by atoms with Crippen molar-refractivity contribution in [3.8, 4) is 0 Å². The Morgan fingerprint density at radius 2 is 1.27 bits per heavy atom. The van der Waals surface area contributed by atoms with E-state index >= 15 is 0 Å². The summed E-state index contributed by atoms with van der Waals surface area (Å²) in [6, 6.07) is 0. The molecule has 0 amide bonds. The van der Waals surface area contributed by atoms with Crippen molar-refractivity contribution < 1.29 is 94.4 Å². The molecule has 0 spiro atoms. The van der Waals surface area contributed by atoms with Gasteiger partial charge in [-0.25, -0.2) is 23.8 Å². The fourth-order valence-corrected chi connectivity index (χ4v) is 8.61. The minimum absolute atomic E-state index is 0.00445. The average Bonchev–Trinajstić information content (AvgIpc) is 3.62. The molecule has 0 aromatic carbocycles. The van der Waals surface area contributed by atoms with Crippen LogP contribution in [-0.4, -0.2) is 127 Å². The summed E-state index contributed by atoms with van der Waals surface area (Å²) in [5.41, 5.74) is 6.16. The van der Waals surface area contributed by atoms with Crippen LogP contribution in [0.15, 0.2) is 12.7 Å². The molecule has 2 aromatic heterocycles. The number of esters is 6. The van der Waals surface area contributed by atoms with Gasteiger partial charge in [0.05, 0.1) is 12.9 Å².